The highest BCUT2D eigenvalue weighted by Gasteiger charge is 2.21. The van der Waals surface area contributed by atoms with Gasteiger partial charge in [-0.25, -0.2) is 0 Å². The standard InChI is InChI=1S/C12H26O5Si/c1-13-7-8-14-4-2-6-17-18-9-3-5-15-10-12-11-16-12/h12H,2-11,18H2,1H3. The molecule has 1 fully saturated rings. The minimum absolute atomic E-state index is 0.356. The third-order valence-corrected chi connectivity index (χ3v) is 3.91. The van der Waals surface area contributed by atoms with Gasteiger partial charge >= 0.3 is 0 Å². The number of methoxy groups -OCH3 is 1. The topological polar surface area (TPSA) is 49.5 Å². The smallest absolute Gasteiger partial charge is 0.161 e. The van der Waals surface area contributed by atoms with Crippen molar-refractivity contribution in [2.45, 2.75) is 25.0 Å². The van der Waals surface area contributed by atoms with E-state index in [0.717, 1.165) is 45.9 Å². The lowest BCUT2D eigenvalue weighted by atomic mass is 10.5. The number of hydrogen-bond acceptors (Lipinski definition) is 5. The lowest BCUT2D eigenvalue weighted by molar-refractivity contribution is 0.0646. The van der Waals surface area contributed by atoms with E-state index in [4.69, 9.17) is 23.4 Å². The van der Waals surface area contributed by atoms with Gasteiger partial charge in [0.15, 0.2) is 9.76 Å². The molecular weight excluding hydrogens is 252 g/mol. The first kappa shape index (κ1) is 16.1. The van der Waals surface area contributed by atoms with Crippen molar-refractivity contribution >= 4 is 9.76 Å². The second kappa shape index (κ2) is 12.1. The molecule has 1 aliphatic heterocycles. The Morgan fingerprint density at radius 3 is 2.67 bits per heavy atom. The van der Waals surface area contributed by atoms with Crippen LogP contribution in [0.15, 0.2) is 0 Å². The molecule has 0 radical (unpaired) electrons. The maximum atomic E-state index is 5.63. The minimum Gasteiger partial charge on any atom is -0.424 e. The maximum absolute atomic E-state index is 5.63. The SMILES string of the molecule is COCCOCCCO[SiH2]CCCOCC1CO1. The molecule has 0 aromatic carbocycles. The van der Waals surface area contributed by atoms with Gasteiger partial charge in [0, 0.05) is 26.9 Å². The van der Waals surface area contributed by atoms with Gasteiger partial charge in [0.1, 0.15) is 6.10 Å². The third-order valence-electron chi connectivity index (χ3n) is 2.54. The average molecular weight is 278 g/mol. The third kappa shape index (κ3) is 11.1. The Kier molecular flexibility index (Phi) is 10.8. The van der Waals surface area contributed by atoms with Gasteiger partial charge in [0.2, 0.25) is 0 Å². The molecule has 1 saturated heterocycles. The zero-order valence-electron chi connectivity index (χ0n) is 11.4. The fourth-order valence-corrected chi connectivity index (χ4v) is 2.42. The van der Waals surface area contributed by atoms with Crippen molar-refractivity contribution in [3.05, 3.63) is 0 Å². The highest BCUT2D eigenvalue weighted by atomic mass is 28.2. The van der Waals surface area contributed by atoms with Crippen LogP contribution in [0.5, 0.6) is 0 Å². The molecule has 0 bridgehead atoms. The van der Waals surface area contributed by atoms with Crippen molar-refractivity contribution in [2.24, 2.45) is 0 Å². The first-order valence-electron chi connectivity index (χ1n) is 6.77. The second-order valence-electron chi connectivity index (χ2n) is 4.31. The summed E-state index contributed by atoms with van der Waals surface area (Å²) in [5.74, 6) is 0. The zero-order valence-corrected chi connectivity index (χ0v) is 12.8. The van der Waals surface area contributed by atoms with Crippen LogP contribution in [0.25, 0.3) is 0 Å². The van der Waals surface area contributed by atoms with Crippen molar-refractivity contribution < 1.29 is 23.4 Å². The summed E-state index contributed by atoms with van der Waals surface area (Å²) in [5, 5.41) is 0. The maximum Gasteiger partial charge on any atom is 0.161 e. The molecule has 0 N–H and O–H groups in total. The van der Waals surface area contributed by atoms with Gasteiger partial charge in [-0.3, -0.25) is 0 Å². The summed E-state index contributed by atoms with van der Waals surface area (Å²) < 4.78 is 26.4. The largest absolute Gasteiger partial charge is 0.424 e. The molecule has 0 saturated carbocycles. The Labute approximate surface area is 112 Å². The lowest BCUT2D eigenvalue weighted by Gasteiger charge is -2.05. The number of rotatable bonds is 14. The van der Waals surface area contributed by atoms with Gasteiger partial charge in [-0.1, -0.05) is 0 Å². The van der Waals surface area contributed by atoms with Gasteiger partial charge in [0.25, 0.3) is 0 Å². The molecule has 0 amide bonds. The van der Waals surface area contributed by atoms with E-state index in [9.17, 15) is 0 Å². The molecule has 108 valence electrons. The van der Waals surface area contributed by atoms with E-state index in [-0.39, 0.29) is 9.76 Å². The predicted octanol–water partition coefficient (Wildman–Crippen LogP) is 0.364. The van der Waals surface area contributed by atoms with Crippen molar-refractivity contribution in [1.82, 2.24) is 0 Å². The summed E-state index contributed by atoms with van der Waals surface area (Å²) in [7, 11) is 1.32. The first-order valence-corrected chi connectivity index (χ1v) is 8.35. The molecular formula is C12H26O5Si. The molecule has 0 spiro atoms. The monoisotopic (exact) mass is 278 g/mol. The van der Waals surface area contributed by atoms with E-state index in [2.05, 4.69) is 0 Å². The lowest BCUT2D eigenvalue weighted by Crippen LogP contribution is -2.08. The van der Waals surface area contributed by atoms with Crippen molar-refractivity contribution in [1.29, 1.82) is 0 Å². The van der Waals surface area contributed by atoms with E-state index in [1.807, 2.05) is 0 Å². The Hall–Kier alpha value is 0.0169. The van der Waals surface area contributed by atoms with Crippen LogP contribution in [0, 0.1) is 0 Å². The summed E-state index contributed by atoms with van der Waals surface area (Å²) in [6, 6.07) is 1.19. The molecule has 1 atom stereocenters. The number of hydrogen-bond donors (Lipinski definition) is 0. The minimum atomic E-state index is -0.356. The first-order chi connectivity index (χ1) is 8.93. The molecule has 1 aliphatic rings. The summed E-state index contributed by atoms with van der Waals surface area (Å²) in [6.45, 7) is 5.43. The summed E-state index contributed by atoms with van der Waals surface area (Å²) >= 11 is 0. The van der Waals surface area contributed by atoms with Crippen molar-refractivity contribution in [3.8, 4) is 0 Å². The van der Waals surface area contributed by atoms with Crippen molar-refractivity contribution in [2.75, 3.05) is 53.4 Å². The molecule has 1 unspecified atom stereocenters. The summed E-state index contributed by atoms with van der Waals surface area (Å²) in [6.07, 6.45) is 2.48. The van der Waals surface area contributed by atoms with E-state index in [1.54, 1.807) is 7.11 Å². The zero-order chi connectivity index (χ0) is 12.9. The molecule has 6 heteroatoms. The second-order valence-corrected chi connectivity index (χ2v) is 5.83. The Morgan fingerprint density at radius 2 is 1.89 bits per heavy atom. The summed E-state index contributed by atoms with van der Waals surface area (Å²) in [4.78, 5) is 0. The predicted molar refractivity (Wildman–Crippen MR) is 71.8 cm³/mol. The average Bonchev–Trinajstić information content (AvgIpc) is 3.19. The van der Waals surface area contributed by atoms with Crippen LogP contribution in [0.3, 0.4) is 0 Å². The van der Waals surface area contributed by atoms with Crippen LogP contribution in [-0.2, 0) is 23.4 Å². The van der Waals surface area contributed by atoms with E-state index >= 15 is 0 Å². The van der Waals surface area contributed by atoms with E-state index < -0.39 is 0 Å². The van der Waals surface area contributed by atoms with Crippen LogP contribution in [0.2, 0.25) is 6.04 Å². The molecule has 5 nitrogen and oxygen atoms in total. The Bertz CT molecular complexity index is 178. The van der Waals surface area contributed by atoms with Crippen LogP contribution < -0.4 is 0 Å². The molecule has 1 rings (SSSR count). The quantitative estimate of drug-likeness (QED) is 0.261. The fraction of sp³-hybridized carbons (Fsp3) is 1.00. The molecule has 0 aromatic heterocycles. The van der Waals surface area contributed by atoms with E-state index in [1.165, 1.54) is 6.04 Å². The normalized spacial score (nSPS) is 18.8. The molecule has 0 aromatic rings. The highest BCUT2D eigenvalue weighted by Crippen LogP contribution is 2.08. The van der Waals surface area contributed by atoms with Crippen molar-refractivity contribution in [3.63, 3.8) is 0 Å². The van der Waals surface area contributed by atoms with E-state index in [0.29, 0.717) is 19.3 Å². The fourth-order valence-electron chi connectivity index (χ4n) is 1.40. The molecule has 18 heavy (non-hydrogen) atoms. The summed E-state index contributed by atoms with van der Waals surface area (Å²) in [5.41, 5.74) is 0. The number of ether oxygens (including phenoxy) is 4. The Morgan fingerprint density at radius 1 is 1.06 bits per heavy atom. The Balaban J connectivity index is 1.60. The van der Waals surface area contributed by atoms with Gasteiger partial charge < -0.3 is 23.4 Å². The van der Waals surface area contributed by atoms with Gasteiger partial charge in [-0.05, 0) is 18.9 Å². The van der Waals surface area contributed by atoms with Gasteiger partial charge in [-0.2, -0.15) is 0 Å². The van der Waals surface area contributed by atoms with Gasteiger partial charge in [0.05, 0.1) is 26.4 Å². The molecule has 0 aliphatic carbocycles. The highest BCUT2D eigenvalue weighted by molar-refractivity contribution is 6.26. The van der Waals surface area contributed by atoms with Crippen LogP contribution in [0.1, 0.15) is 12.8 Å². The van der Waals surface area contributed by atoms with Gasteiger partial charge in [-0.15, -0.1) is 0 Å². The van der Waals surface area contributed by atoms with Crippen LogP contribution in [0.4, 0.5) is 0 Å². The number of epoxide rings is 1. The molecule has 1 heterocycles. The van der Waals surface area contributed by atoms with Crippen LogP contribution >= 0.6 is 0 Å². The van der Waals surface area contributed by atoms with Crippen LogP contribution in [-0.4, -0.2) is 69.2 Å².